The Morgan fingerprint density at radius 3 is 1.93 bits per heavy atom. The maximum atomic E-state index is 11.9. The van der Waals surface area contributed by atoms with Crippen LogP contribution in [0.5, 0.6) is 5.75 Å². The van der Waals surface area contributed by atoms with Crippen LogP contribution in [0.15, 0.2) is 12.1 Å². The summed E-state index contributed by atoms with van der Waals surface area (Å²) in [6.07, 6.45) is 10.9. The van der Waals surface area contributed by atoms with E-state index in [1.165, 1.54) is 25.0 Å². The summed E-state index contributed by atoms with van der Waals surface area (Å²) < 4.78 is 10.5. The van der Waals surface area contributed by atoms with Crippen molar-refractivity contribution in [3.63, 3.8) is 0 Å². The molecule has 164 valence electrons. The number of esters is 2. The number of carbonyl (C=O) groups excluding carboxylic acids is 2. The molecule has 0 heterocycles. The first kappa shape index (κ1) is 26.1. The molecule has 1 aromatic carbocycles. The molecule has 0 unspecified atom stereocenters. The Morgan fingerprint density at radius 1 is 0.724 bits per heavy atom. The molecule has 0 aromatic heterocycles. The van der Waals surface area contributed by atoms with Gasteiger partial charge in [-0.3, -0.25) is 9.59 Å². The number of carbonyl (C=O) groups is 2. The van der Waals surface area contributed by atoms with Crippen LogP contribution in [-0.2, 0) is 14.3 Å². The molecular formula is C22H31Cl3O4. The molecule has 0 fully saturated rings. The van der Waals surface area contributed by atoms with Crippen LogP contribution in [0.25, 0.3) is 0 Å². The van der Waals surface area contributed by atoms with E-state index in [9.17, 15) is 9.59 Å². The molecule has 0 amide bonds. The van der Waals surface area contributed by atoms with Gasteiger partial charge in [0.05, 0.1) is 21.7 Å². The first-order valence-electron chi connectivity index (χ1n) is 10.4. The van der Waals surface area contributed by atoms with Gasteiger partial charge in [0.2, 0.25) is 0 Å². The van der Waals surface area contributed by atoms with Crippen molar-refractivity contribution in [1.82, 2.24) is 0 Å². The molecule has 0 aliphatic rings. The van der Waals surface area contributed by atoms with Crippen LogP contribution in [0.1, 0.15) is 84.0 Å². The summed E-state index contributed by atoms with van der Waals surface area (Å²) in [5, 5.41) is 0.864. The maximum absolute atomic E-state index is 11.9. The van der Waals surface area contributed by atoms with Gasteiger partial charge >= 0.3 is 11.9 Å². The molecule has 0 atom stereocenters. The monoisotopic (exact) mass is 464 g/mol. The predicted molar refractivity (Wildman–Crippen MR) is 119 cm³/mol. The van der Waals surface area contributed by atoms with Crippen molar-refractivity contribution in [3.8, 4) is 5.75 Å². The number of halogens is 3. The van der Waals surface area contributed by atoms with Crippen molar-refractivity contribution in [1.29, 1.82) is 0 Å². The highest BCUT2D eigenvalue weighted by Crippen LogP contribution is 2.34. The zero-order chi connectivity index (χ0) is 21.5. The fourth-order valence-corrected chi connectivity index (χ4v) is 3.36. The van der Waals surface area contributed by atoms with Crippen molar-refractivity contribution in [2.45, 2.75) is 84.0 Å². The lowest BCUT2D eigenvalue weighted by molar-refractivity contribution is -0.144. The Morgan fingerprint density at radius 2 is 1.28 bits per heavy atom. The summed E-state index contributed by atoms with van der Waals surface area (Å²) in [6, 6.07) is 2.90. The van der Waals surface area contributed by atoms with Gasteiger partial charge in [0.25, 0.3) is 0 Å². The van der Waals surface area contributed by atoms with Gasteiger partial charge in [-0.05, 0) is 25.3 Å². The van der Waals surface area contributed by atoms with E-state index in [-0.39, 0.29) is 22.7 Å². The summed E-state index contributed by atoms with van der Waals surface area (Å²) in [7, 11) is 0. The van der Waals surface area contributed by atoms with Gasteiger partial charge in [0, 0.05) is 18.9 Å². The molecule has 0 N–H and O–H groups in total. The van der Waals surface area contributed by atoms with Crippen LogP contribution in [0.4, 0.5) is 0 Å². The average Bonchev–Trinajstić information content (AvgIpc) is 2.68. The third kappa shape index (κ3) is 12.3. The smallest absolute Gasteiger partial charge is 0.311 e. The second-order valence-electron chi connectivity index (χ2n) is 7.07. The summed E-state index contributed by atoms with van der Waals surface area (Å²) in [5.74, 6) is -0.208. The van der Waals surface area contributed by atoms with E-state index in [0.717, 1.165) is 51.4 Å². The third-order valence-corrected chi connectivity index (χ3v) is 5.49. The summed E-state index contributed by atoms with van der Waals surface area (Å²) in [4.78, 5) is 23.5. The molecule has 0 radical (unpaired) electrons. The maximum Gasteiger partial charge on any atom is 0.311 e. The first-order valence-corrected chi connectivity index (χ1v) is 11.6. The lowest BCUT2D eigenvalue weighted by Crippen LogP contribution is -2.08. The van der Waals surface area contributed by atoms with Crippen LogP contribution in [-0.4, -0.2) is 18.5 Å². The van der Waals surface area contributed by atoms with E-state index in [0.29, 0.717) is 29.5 Å². The molecule has 7 heteroatoms. The number of benzene rings is 1. The standard InChI is InChI=1S/C22H31Cl3O4/c1-2-3-4-11-14-28-21(26)12-9-7-5-6-8-10-13-22(27)29-20-16-18(24)17(23)15-19(20)25/h15-16H,2-14H2,1H3. The average molecular weight is 466 g/mol. The van der Waals surface area contributed by atoms with E-state index >= 15 is 0 Å². The van der Waals surface area contributed by atoms with Crippen molar-refractivity contribution in [2.75, 3.05) is 6.61 Å². The van der Waals surface area contributed by atoms with Crippen molar-refractivity contribution >= 4 is 46.7 Å². The highest BCUT2D eigenvalue weighted by Gasteiger charge is 2.11. The Hall–Kier alpha value is -0.970. The van der Waals surface area contributed by atoms with E-state index in [1.807, 2.05) is 0 Å². The first-order chi connectivity index (χ1) is 13.9. The highest BCUT2D eigenvalue weighted by atomic mass is 35.5. The second kappa shape index (κ2) is 15.8. The molecule has 29 heavy (non-hydrogen) atoms. The minimum absolute atomic E-state index is 0.0924. The van der Waals surface area contributed by atoms with Crippen LogP contribution in [0.2, 0.25) is 15.1 Å². The van der Waals surface area contributed by atoms with Gasteiger partial charge in [-0.15, -0.1) is 0 Å². The van der Waals surface area contributed by atoms with Crippen LogP contribution < -0.4 is 4.74 Å². The van der Waals surface area contributed by atoms with Crippen LogP contribution in [0.3, 0.4) is 0 Å². The lowest BCUT2D eigenvalue weighted by Gasteiger charge is -2.08. The van der Waals surface area contributed by atoms with Crippen molar-refractivity contribution in [2.24, 2.45) is 0 Å². The van der Waals surface area contributed by atoms with E-state index in [1.54, 1.807) is 0 Å². The van der Waals surface area contributed by atoms with E-state index in [4.69, 9.17) is 44.3 Å². The highest BCUT2D eigenvalue weighted by molar-refractivity contribution is 6.43. The van der Waals surface area contributed by atoms with Crippen LogP contribution in [0, 0.1) is 0 Å². The minimum Gasteiger partial charge on any atom is -0.466 e. The molecule has 0 aliphatic heterocycles. The zero-order valence-electron chi connectivity index (χ0n) is 17.1. The Labute approximate surface area is 189 Å². The predicted octanol–water partition coefficient (Wildman–Crippen LogP) is 7.80. The molecule has 1 aromatic rings. The largest absolute Gasteiger partial charge is 0.466 e. The molecule has 0 bridgehead atoms. The molecule has 0 aliphatic carbocycles. The van der Waals surface area contributed by atoms with Crippen molar-refractivity contribution in [3.05, 3.63) is 27.2 Å². The molecule has 4 nitrogen and oxygen atoms in total. The third-order valence-electron chi connectivity index (χ3n) is 4.47. The quantitative estimate of drug-likeness (QED) is 0.115. The SMILES string of the molecule is CCCCCCOC(=O)CCCCCCCCC(=O)Oc1cc(Cl)c(Cl)cc1Cl. The summed E-state index contributed by atoms with van der Waals surface area (Å²) in [5.41, 5.74) is 0. The number of unbranched alkanes of at least 4 members (excludes halogenated alkanes) is 8. The molecule has 0 saturated carbocycles. The normalized spacial score (nSPS) is 10.8. The molecule has 0 spiro atoms. The second-order valence-corrected chi connectivity index (χ2v) is 8.29. The van der Waals surface area contributed by atoms with Gasteiger partial charge in [0.15, 0.2) is 5.75 Å². The van der Waals surface area contributed by atoms with Crippen molar-refractivity contribution < 1.29 is 19.1 Å². The summed E-state index contributed by atoms with van der Waals surface area (Å²) >= 11 is 17.8. The van der Waals surface area contributed by atoms with Gasteiger partial charge in [-0.25, -0.2) is 0 Å². The number of hydrogen-bond acceptors (Lipinski definition) is 4. The number of ether oxygens (including phenoxy) is 2. The molecule has 0 saturated heterocycles. The number of hydrogen-bond donors (Lipinski definition) is 0. The molecule has 1 rings (SSSR count). The topological polar surface area (TPSA) is 52.6 Å². The van der Waals surface area contributed by atoms with Gasteiger partial charge in [0.1, 0.15) is 0 Å². The van der Waals surface area contributed by atoms with Gasteiger partial charge in [-0.2, -0.15) is 0 Å². The van der Waals surface area contributed by atoms with E-state index < -0.39 is 0 Å². The Bertz CT molecular complexity index is 635. The van der Waals surface area contributed by atoms with E-state index in [2.05, 4.69) is 6.92 Å². The summed E-state index contributed by atoms with van der Waals surface area (Å²) in [6.45, 7) is 2.70. The zero-order valence-corrected chi connectivity index (χ0v) is 19.4. The fraction of sp³-hybridized carbons (Fsp3) is 0.636. The Kier molecular flexibility index (Phi) is 14.2. The Balaban J connectivity index is 2.01. The minimum atomic E-state index is -0.341. The van der Waals surface area contributed by atoms with Gasteiger partial charge < -0.3 is 9.47 Å². The van der Waals surface area contributed by atoms with Crippen LogP contribution >= 0.6 is 34.8 Å². The van der Waals surface area contributed by atoms with Gasteiger partial charge in [-0.1, -0.05) is 86.7 Å². The number of rotatable bonds is 15. The lowest BCUT2D eigenvalue weighted by atomic mass is 10.1. The molecular weight excluding hydrogens is 435 g/mol. The fourth-order valence-electron chi connectivity index (χ4n) is 2.79.